The lowest BCUT2D eigenvalue weighted by atomic mass is 10.0. The SMILES string of the molecule is COc1ccc2c(=O)c(C)c(/C=C/c3ccccc3)oc2c1CC(=O)O. The zero-order valence-corrected chi connectivity index (χ0v) is 14.5. The van der Waals surface area contributed by atoms with Gasteiger partial charge in [-0.1, -0.05) is 36.4 Å². The molecule has 0 aliphatic heterocycles. The normalized spacial score (nSPS) is 11.2. The van der Waals surface area contributed by atoms with E-state index in [0.717, 1.165) is 5.56 Å². The summed E-state index contributed by atoms with van der Waals surface area (Å²) in [5.41, 5.74) is 1.84. The summed E-state index contributed by atoms with van der Waals surface area (Å²) in [7, 11) is 1.45. The monoisotopic (exact) mass is 350 g/mol. The molecule has 5 nitrogen and oxygen atoms in total. The van der Waals surface area contributed by atoms with Crippen molar-refractivity contribution in [3.63, 3.8) is 0 Å². The predicted molar refractivity (Wildman–Crippen MR) is 100 cm³/mol. The Morgan fingerprint density at radius 3 is 2.54 bits per heavy atom. The molecule has 1 N–H and O–H groups in total. The number of benzene rings is 2. The molecule has 0 radical (unpaired) electrons. The first-order valence-electron chi connectivity index (χ1n) is 8.09. The summed E-state index contributed by atoms with van der Waals surface area (Å²) in [4.78, 5) is 24.0. The van der Waals surface area contributed by atoms with Crippen LogP contribution in [-0.4, -0.2) is 18.2 Å². The molecule has 1 heterocycles. The van der Waals surface area contributed by atoms with Crippen molar-refractivity contribution in [3.8, 4) is 5.75 Å². The summed E-state index contributed by atoms with van der Waals surface area (Å²) >= 11 is 0. The molecule has 0 saturated heterocycles. The molecule has 0 bridgehead atoms. The Kier molecular flexibility index (Phi) is 4.89. The lowest BCUT2D eigenvalue weighted by Crippen LogP contribution is -2.10. The van der Waals surface area contributed by atoms with Crippen molar-refractivity contribution in [2.75, 3.05) is 7.11 Å². The van der Waals surface area contributed by atoms with Crippen LogP contribution in [-0.2, 0) is 11.2 Å². The van der Waals surface area contributed by atoms with Gasteiger partial charge in [-0.25, -0.2) is 0 Å². The van der Waals surface area contributed by atoms with Crippen molar-refractivity contribution < 1.29 is 19.1 Å². The molecule has 2 aromatic carbocycles. The van der Waals surface area contributed by atoms with Gasteiger partial charge in [0.1, 0.15) is 17.1 Å². The Morgan fingerprint density at radius 1 is 1.15 bits per heavy atom. The highest BCUT2D eigenvalue weighted by Gasteiger charge is 2.18. The van der Waals surface area contributed by atoms with Gasteiger partial charge in [0.05, 0.1) is 18.9 Å². The van der Waals surface area contributed by atoms with E-state index in [1.54, 1.807) is 25.1 Å². The van der Waals surface area contributed by atoms with Gasteiger partial charge in [0.2, 0.25) is 0 Å². The number of hydrogen-bond donors (Lipinski definition) is 1. The molecule has 3 rings (SSSR count). The number of aliphatic carboxylic acids is 1. The molecule has 26 heavy (non-hydrogen) atoms. The molecule has 0 fully saturated rings. The minimum Gasteiger partial charge on any atom is -0.496 e. The lowest BCUT2D eigenvalue weighted by molar-refractivity contribution is -0.136. The average molecular weight is 350 g/mol. The highest BCUT2D eigenvalue weighted by Crippen LogP contribution is 2.29. The quantitative estimate of drug-likeness (QED) is 0.755. The molecule has 1 aromatic heterocycles. The molecular formula is C21H18O5. The number of methoxy groups -OCH3 is 1. The van der Waals surface area contributed by atoms with Gasteiger partial charge in [0, 0.05) is 11.1 Å². The number of carbonyl (C=O) groups is 1. The minimum atomic E-state index is -1.03. The van der Waals surface area contributed by atoms with Crippen molar-refractivity contribution in [2.24, 2.45) is 0 Å². The van der Waals surface area contributed by atoms with E-state index in [9.17, 15) is 14.7 Å². The number of ether oxygens (including phenoxy) is 1. The fourth-order valence-corrected chi connectivity index (χ4v) is 2.81. The topological polar surface area (TPSA) is 76.7 Å². The van der Waals surface area contributed by atoms with Crippen LogP contribution in [0.3, 0.4) is 0 Å². The molecule has 3 aromatic rings. The fraction of sp³-hybridized carbons (Fsp3) is 0.143. The standard InChI is InChI=1S/C21H18O5/c1-13-17(10-8-14-6-4-3-5-7-14)26-21-15(20(13)24)9-11-18(25-2)16(21)12-19(22)23/h3-11H,12H2,1-2H3,(H,22,23)/b10-8+. The zero-order valence-electron chi connectivity index (χ0n) is 14.5. The molecular weight excluding hydrogens is 332 g/mol. The molecule has 0 unspecified atom stereocenters. The molecule has 0 amide bonds. The second-order valence-corrected chi connectivity index (χ2v) is 5.86. The molecule has 0 saturated carbocycles. The molecule has 0 spiro atoms. The van der Waals surface area contributed by atoms with Gasteiger partial charge in [0.25, 0.3) is 0 Å². The lowest BCUT2D eigenvalue weighted by Gasteiger charge is -2.11. The van der Waals surface area contributed by atoms with Crippen LogP contribution in [0.5, 0.6) is 5.75 Å². The van der Waals surface area contributed by atoms with Crippen LogP contribution in [0.4, 0.5) is 0 Å². The molecule has 0 atom stereocenters. The van der Waals surface area contributed by atoms with Crippen molar-refractivity contribution in [2.45, 2.75) is 13.3 Å². The first kappa shape index (κ1) is 17.5. The minimum absolute atomic E-state index is 0.187. The maximum absolute atomic E-state index is 12.7. The van der Waals surface area contributed by atoms with Crippen LogP contribution in [0, 0.1) is 6.92 Å². The Labute approximate surface area is 150 Å². The number of rotatable bonds is 5. The van der Waals surface area contributed by atoms with Crippen LogP contribution in [0.25, 0.3) is 23.1 Å². The van der Waals surface area contributed by atoms with Gasteiger partial charge in [-0.15, -0.1) is 0 Å². The molecule has 0 aliphatic rings. The van der Waals surface area contributed by atoms with Gasteiger partial charge in [-0.3, -0.25) is 9.59 Å². The summed E-state index contributed by atoms with van der Waals surface area (Å²) in [6.45, 7) is 1.69. The highest BCUT2D eigenvalue weighted by molar-refractivity contribution is 5.87. The van der Waals surface area contributed by atoms with Crippen LogP contribution in [0.15, 0.2) is 51.7 Å². The Morgan fingerprint density at radius 2 is 1.88 bits per heavy atom. The number of hydrogen-bond acceptors (Lipinski definition) is 4. The van der Waals surface area contributed by atoms with Crippen molar-refractivity contribution in [1.29, 1.82) is 0 Å². The predicted octanol–water partition coefficient (Wildman–Crippen LogP) is 3.91. The van der Waals surface area contributed by atoms with Crippen molar-refractivity contribution in [1.82, 2.24) is 0 Å². The number of fused-ring (bicyclic) bond motifs is 1. The van der Waals surface area contributed by atoms with Gasteiger partial charge in [0.15, 0.2) is 5.43 Å². The Hall–Kier alpha value is -3.34. The maximum atomic E-state index is 12.7. The van der Waals surface area contributed by atoms with E-state index in [2.05, 4.69) is 0 Å². The Balaban J connectivity index is 2.21. The first-order valence-corrected chi connectivity index (χ1v) is 8.09. The first-order chi connectivity index (χ1) is 12.5. The van der Waals surface area contributed by atoms with E-state index in [4.69, 9.17) is 9.15 Å². The largest absolute Gasteiger partial charge is 0.496 e. The average Bonchev–Trinajstić information content (AvgIpc) is 2.64. The Bertz CT molecular complexity index is 1050. The van der Waals surface area contributed by atoms with Crippen LogP contribution in [0.1, 0.15) is 22.5 Å². The summed E-state index contributed by atoms with van der Waals surface area (Å²) in [6.07, 6.45) is 3.26. The summed E-state index contributed by atoms with van der Waals surface area (Å²) < 4.78 is 11.2. The van der Waals surface area contributed by atoms with Crippen LogP contribution in [0.2, 0.25) is 0 Å². The van der Waals surface area contributed by atoms with E-state index >= 15 is 0 Å². The van der Waals surface area contributed by atoms with Crippen molar-refractivity contribution in [3.05, 3.63) is 75.1 Å². The van der Waals surface area contributed by atoms with E-state index in [1.165, 1.54) is 7.11 Å². The fourth-order valence-electron chi connectivity index (χ4n) is 2.81. The second-order valence-electron chi connectivity index (χ2n) is 5.86. The van der Waals surface area contributed by atoms with E-state index in [1.807, 2.05) is 36.4 Å². The highest BCUT2D eigenvalue weighted by atomic mass is 16.5. The van der Waals surface area contributed by atoms with Crippen molar-refractivity contribution >= 4 is 29.1 Å². The third-order valence-corrected chi connectivity index (χ3v) is 4.16. The van der Waals surface area contributed by atoms with E-state index in [-0.39, 0.29) is 17.4 Å². The third-order valence-electron chi connectivity index (χ3n) is 4.16. The summed E-state index contributed by atoms with van der Waals surface area (Å²) in [5.74, 6) is -0.253. The molecule has 5 heteroatoms. The van der Waals surface area contributed by atoms with Gasteiger partial charge >= 0.3 is 5.97 Å². The molecule has 132 valence electrons. The third kappa shape index (κ3) is 3.37. The van der Waals surface area contributed by atoms with Crippen LogP contribution < -0.4 is 10.2 Å². The number of carboxylic acids is 1. The summed E-state index contributed by atoms with van der Waals surface area (Å²) in [6, 6.07) is 12.8. The van der Waals surface area contributed by atoms with E-state index < -0.39 is 5.97 Å². The van der Waals surface area contributed by atoms with E-state index in [0.29, 0.717) is 28.0 Å². The smallest absolute Gasteiger partial charge is 0.308 e. The zero-order chi connectivity index (χ0) is 18.7. The maximum Gasteiger partial charge on any atom is 0.308 e. The second kappa shape index (κ2) is 7.27. The molecule has 0 aliphatic carbocycles. The van der Waals surface area contributed by atoms with Crippen LogP contribution >= 0.6 is 0 Å². The van der Waals surface area contributed by atoms with Gasteiger partial charge < -0.3 is 14.3 Å². The van der Waals surface area contributed by atoms with Gasteiger partial charge in [-0.05, 0) is 30.7 Å². The van der Waals surface area contributed by atoms with Gasteiger partial charge in [-0.2, -0.15) is 0 Å². The summed E-state index contributed by atoms with van der Waals surface area (Å²) in [5, 5.41) is 9.55. The number of carboxylic acid groups (broad SMARTS) is 1.